The molecule has 1 N–H and O–H groups in total. The number of benzene rings is 1. The van der Waals surface area contributed by atoms with Gasteiger partial charge in [0.2, 0.25) is 0 Å². The maximum Gasteiger partial charge on any atom is 0.112 e. The van der Waals surface area contributed by atoms with Crippen LogP contribution in [0.1, 0.15) is 42.1 Å². The molecule has 0 spiro atoms. The molecule has 5 heteroatoms. The van der Waals surface area contributed by atoms with Crippen LogP contribution in [0.25, 0.3) is 0 Å². The minimum absolute atomic E-state index is 0.0403. The van der Waals surface area contributed by atoms with Gasteiger partial charge in [-0.1, -0.05) is 35.4 Å². The minimum atomic E-state index is -0.0403. The first-order valence-corrected chi connectivity index (χ1v) is 6.93. The Labute approximate surface area is 117 Å². The lowest BCUT2D eigenvalue weighted by Gasteiger charge is -2.26. The molecule has 0 amide bonds. The Morgan fingerprint density at radius 1 is 1.37 bits per heavy atom. The smallest absolute Gasteiger partial charge is 0.112 e. The summed E-state index contributed by atoms with van der Waals surface area (Å²) in [7, 11) is 0. The first-order valence-electron chi connectivity index (χ1n) is 6.55. The second-order valence-electron chi connectivity index (χ2n) is 4.99. The van der Waals surface area contributed by atoms with Crippen LogP contribution < -0.4 is 0 Å². The molecule has 1 aliphatic carbocycles. The van der Waals surface area contributed by atoms with E-state index >= 15 is 0 Å². The molecule has 1 aromatic carbocycles. The monoisotopic (exact) mass is 277 g/mol. The predicted octanol–water partition coefficient (Wildman–Crippen LogP) is 2.74. The van der Waals surface area contributed by atoms with Crippen LogP contribution in [0.15, 0.2) is 24.3 Å². The van der Waals surface area contributed by atoms with Crippen molar-refractivity contribution in [3.8, 4) is 0 Å². The van der Waals surface area contributed by atoms with Crippen LogP contribution in [-0.2, 0) is 13.2 Å². The van der Waals surface area contributed by atoms with Gasteiger partial charge in [-0.05, 0) is 30.5 Å². The van der Waals surface area contributed by atoms with Gasteiger partial charge in [-0.25, -0.2) is 4.68 Å². The molecule has 4 nitrogen and oxygen atoms in total. The molecule has 0 bridgehead atoms. The van der Waals surface area contributed by atoms with E-state index in [9.17, 15) is 5.11 Å². The van der Waals surface area contributed by atoms with E-state index in [4.69, 9.17) is 11.6 Å². The molecule has 0 unspecified atom stereocenters. The lowest BCUT2D eigenvalue weighted by molar-refractivity contribution is 0.271. The zero-order chi connectivity index (χ0) is 13.2. The fourth-order valence-electron chi connectivity index (χ4n) is 2.52. The third kappa shape index (κ3) is 2.51. The number of aliphatic hydroxyl groups is 1. The van der Waals surface area contributed by atoms with Gasteiger partial charge in [-0.3, -0.25) is 0 Å². The Balaban J connectivity index is 1.90. The van der Waals surface area contributed by atoms with Crippen molar-refractivity contribution in [1.82, 2.24) is 15.0 Å². The Bertz CT molecular complexity index is 578. The van der Waals surface area contributed by atoms with Crippen LogP contribution in [0.4, 0.5) is 0 Å². The van der Waals surface area contributed by atoms with Gasteiger partial charge in [0.15, 0.2) is 0 Å². The van der Waals surface area contributed by atoms with E-state index in [1.54, 1.807) is 0 Å². The SMILES string of the molecule is OCc1nnn(Cc2cccc(Cl)c2)c1C1CCC1. The van der Waals surface area contributed by atoms with Crippen molar-refractivity contribution in [3.63, 3.8) is 0 Å². The summed E-state index contributed by atoms with van der Waals surface area (Å²) in [6, 6.07) is 7.76. The lowest BCUT2D eigenvalue weighted by atomic mass is 9.82. The lowest BCUT2D eigenvalue weighted by Crippen LogP contribution is -2.17. The van der Waals surface area contributed by atoms with Crippen molar-refractivity contribution in [1.29, 1.82) is 0 Å². The molecule has 2 aromatic rings. The van der Waals surface area contributed by atoms with E-state index < -0.39 is 0 Å². The molecule has 0 aliphatic heterocycles. The highest BCUT2D eigenvalue weighted by atomic mass is 35.5. The topological polar surface area (TPSA) is 50.9 Å². The molecule has 3 rings (SSSR count). The normalized spacial score (nSPS) is 15.5. The summed E-state index contributed by atoms with van der Waals surface area (Å²) in [6.07, 6.45) is 3.57. The van der Waals surface area contributed by atoms with Crippen LogP contribution in [0.5, 0.6) is 0 Å². The second kappa shape index (κ2) is 5.31. The Kier molecular flexibility index (Phi) is 3.53. The van der Waals surface area contributed by atoms with Crippen LogP contribution in [0.3, 0.4) is 0 Å². The molecule has 100 valence electrons. The molecule has 1 saturated carbocycles. The first-order chi connectivity index (χ1) is 9.28. The van der Waals surface area contributed by atoms with E-state index in [1.165, 1.54) is 6.42 Å². The fourth-order valence-corrected chi connectivity index (χ4v) is 2.73. The van der Waals surface area contributed by atoms with Crippen molar-refractivity contribution < 1.29 is 5.11 Å². The van der Waals surface area contributed by atoms with Crippen molar-refractivity contribution in [2.75, 3.05) is 0 Å². The van der Waals surface area contributed by atoms with E-state index in [0.29, 0.717) is 18.2 Å². The highest BCUT2D eigenvalue weighted by molar-refractivity contribution is 6.30. The number of aromatic nitrogens is 3. The molecule has 0 saturated heterocycles. The van der Waals surface area contributed by atoms with E-state index in [0.717, 1.165) is 29.1 Å². The summed E-state index contributed by atoms with van der Waals surface area (Å²) in [5.74, 6) is 0.497. The molecule has 0 radical (unpaired) electrons. The number of hydrogen-bond donors (Lipinski definition) is 1. The third-order valence-electron chi connectivity index (χ3n) is 3.71. The molecule has 19 heavy (non-hydrogen) atoms. The highest BCUT2D eigenvalue weighted by Gasteiger charge is 2.27. The molecule has 1 heterocycles. The fraction of sp³-hybridized carbons (Fsp3) is 0.429. The molecule has 1 aliphatic rings. The van der Waals surface area contributed by atoms with E-state index in [1.807, 2.05) is 28.9 Å². The van der Waals surface area contributed by atoms with Gasteiger partial charge in [0.1, 0.15) is 5.69 Å². The summed E-state index contributed by atoms with van der Waals surface area (Å²) in [4.78, 5) is 0. The number of halogens is 1. The van der Waals surface area contributed by atoms with Gasteiger partial charge in [0, 0.05) is 10.9 Å². The first kappa shape index (κ1) is 12.6. The van der Waals surface area contributed by atoms with E-state index in [2.05, 4.69) is 10.3 Å². The number of hydrogen-bond acceptors (Lipinski definition) is 3. The third-order valence-corrected chi connectivity index (χ3v) is 3.95. The zero-order valence-corrected chi connectivity index (χ0v) is 11.3. The Morgan fingerprint density at radius 3 is 2.84 bits per heavy atom. The summed E-state index contributed by atoms with van der Waals surface area (Å²) in [5, 5.41) is 18.4. The quantitative estimate of drug-likeness (QED) is 0.935. The summed E-state index contributed by atoms with van der Waals surface area (Å²) in [6.45, 7) is 0.612. The summed E-state index contributed by atoms with van der Waals surface area (Å²) < 4.78 is 1.90. The van der Waals surface area contributed by atoms with Gasteiger partial charge in [-0.15, -0.1) is 5.10 Å². The molecule has 1 fully saturated rings. The van der Waals surface area contributed by atoms with Crippen molar-refractivity contribution in [3.05, 3.63) is 46.2 Å². The summed E-state index contributed by atoms with van der Waals surface area (Å²) >= 11 is 6.00. The maximum absolute atomic E-state index is 9.37. The van der Waals surface area contributed by atoms with E-state index in [-0.39, 0.29) is 6.61 Å². The largest absolute Gasteiger partial charge is 0.390 e. The zero-order valence-electron chi connectivity index (χ0n) is 10.6. The van der Waals surface area contributed by atoms with Crippen LogP contribution in [-0.4, -0.2) is 20.1 Å². The maximum atomic E-state index is 9.37. The Hall–Kier alpha value is -1.39. The molecule has 0 atom stereocenters. The summed E-state index contributed by atoms with van der Waals surface area (Å²) in [5.41, 5.74) is 2.91. The van der Waals surface area contributed by atoms with Gasteiger partial charge >= 0.3 is 0 Å². The van der Waals surface area contributed by atoms with Crippen molar-refractivity contribution >= 4 is 11.6 Å². The molecular formula is C14H16ClN3O. The predicted molar refractivity (Wildman–Crippen MR) is 73.1 cm³/mol. The molecule has 1 aromatic heterocycles. The average Bonchev–Trinajstić information content (AvgIpc) is 2.70. The van der Waals surface area contributed by atoms with Crippen molar-refractivity contribution in [2.45, 2.75) is 38.3 Å². The highest BCUT2D eigenvalue weighted by Crippen LogP contribution is 2.37. The van der Waals surface area contributed by atoms with Crippen LogP contribution in [0.2, 0.25) is 5.02 Å². The van der Waals surface area contributed by atoms with Gasteiger partial charge < -0.3 is 5.11 Å². The van der Waals surface area contributed by atoms with Gasteiger partial charge in [0.05, 0.1) is 18.8 Å². The average molecular weight is 278 g/mol. The Morgan fingerprint density at radius 2 is 2.21 bits per heavy atom. The number of nitrogens with zero attached hydrogens (tertiary/aromatic N) is 3. The molecular weight excluding hydrogens is 262 g/mol. The number of rotatable bonds is 4. The van der Waals surface area contributed by atoms with Crippen LogP contribution in [0, 0.1) is 0 Å². The second-order valence-corrected chi connectivity index (χ2v) is 5.43. The minimum Gasteiger partial charge on any atom is -0.390 e. The van der Waals surface area contributed by atoms with Gasteiger partial charge in [0.25, 0.3) is 0 Å². The van der Waals surface area contributed by atoms with Crippen LogP contribution >= 0.6 is 11.6 Å². The van der Waals surface area contributed by atoms with Crippen molar-refractivity contribution in [2.24, 2.45) is 0 Å². The number of aliphatic hydroxyl groups excluding tert-OH is 1. The standard InChI is InChI=1S/C14H16ClN3O/c15-12-6-1-3-10(7-12)8-18-14(11-4-2-5-11)13(9-19)16-17-18/h1,3,6-7,11,19H,2,4-5,8-9H2. The van der Waals surface area contributed by atoms with Gasteiger partial charge in [-0.2, -0.15) is 0 Å².